The van der Waals surface area contributed by atoms with Crippen LogP contribution < -0.4 is 5.73 Å². The number of hydrogen-bond donors (Lipinski definition) is 1. The van der Waals surface area contributed by atoms with Gasteiger partial charge in [0.2, 0.25) is 0 Å². The third-order valence-electron chi connectivity index (χ3n) is 2.73. The van der Waals surface area contributed by atoms with Gasteiger partial charge in [0.25, 0.3) is 0 Å². The minimum atomic E-state index is -4.14. The molecule has 0 aliphatic carbocycles. The third kappa shape index (κ3) is 2.18. The molecule has 0 radical (unpaired) electrons. The summed E-state index contributed by atoms with van der Waals surface area (Å²) in [5, 5.41) is 4.03. The fourth-order valence-electron chi connectivity index (χ4n) is 1.86. The van der Waals surface area contributed by atoms with Crippen molar-refractivity contribution in [2.24, 2.45) is 11.7 Å². The smallest absolute Gasteiger partial charge is 0.330 e. The van der Waals surface area contributed by atoms with E-state index in [-0.39, 0.29) is 13.0 Å². The SMILES string of the molecule is NCCc1nc2n(n1)CC(C(F)(F)F)CC2. The summed E-state index contributed by atoms with van der Waals surface area (Å²) in [7, 11) is 0. The lowest BCUT2D eigenvalue weighted by molar-refractivity contribution is -0.182. The van der Waals surface area contributed by atoms with E-state index in [0.29, 0.717) is 31.0 Å². The Labute approximate surface area is 90.6 Å². The zero-order valence-corrected chi connectivity index (χ0v) is 8.67. The summed E-state index contributed by atoms with van der Waals surface area (Å²) in [5.74, 6) is -0.114. The molecule has 0 amide bonds. The van der Waals surface area contributed by atoms with Gasteiger partial charge in [-0.15, -0.1) is 0 Å². The molecule has 1 aliphatic heterocycles. The zero-order chi connectivity index (χ0) is 11.8. The number of fused-ring (bicyclic) bond motifs is 1. The van der Waals surface area contributed by atoms with Crippen molar-refractivity contribution in [3.05, 3.63) is 11.6 Å². The summed E-state index contributed by atoms with van der Waals surface area (Å²) in [5.41, 5.74) is 5.35. The van der Waals surface area contributed by atoms with Crippen LogP contribution in [0.3, 0.4) is 0 Å². The Kier molecular flexibility index (Phi) is 2.88. The van der Waals surface area contributed by atoms with E-state index in [9.17, 15) is 13.2 Å². The van der Waals surface area contributed by atoms with Gasteiger partial charge < -0.3 is 5.73 Å². The van der Waals surface area contributed by atoms with E-state index in [4.69, 9.17) is 5.73 Å². The van der Waals surface area contributed by atoms with Gasteiger partial charge in [-0.05, 0) is 13.0 Å². The van der Waals surface area contributed by atoms with Crippen molar-refractivity contribution in [3.63, 3.8) is 0 Å². The normalized spacial score (nSPS) is 20.9. The molecule has 0 saturated carbocycles. The van der Waals surface area contributed by atoms with Crippen LogP contribution in [0.2, 0.25) is 0 Å². The van der Waals surface area contributed by atoms with Crippen LogP contribution in [0.15, 0.2) is 0 Å². The van der Waals surface area contributed by atoms with Crippen molar-refractivity contribution in [2.75, 3.05) is 6.54 Å². The van der Waals surface area contributed by atoms with Gasteiger partial charge in [-0.3, -0.25) is 0 Å². The molecular formula is C9H13F3N4. The molecule has 1 unspecified atom stereocenters. The molecule has 0 saturated heterocycles. The van der Waals surface area contributed by atoms with Crippen LogP contribution >= 0.6 is 0 Å². The standard InChI is InChI=1S/C9H13F3N4/c10-9(11,12)6-1-2-8-14-7(3-4-13)15-16(8)5-6/h6H,1-5,13H2. The molecule has 0 bridgehead atoms. The van der Waals surface area contributed by atoms with Gasteiger partial charge in [0.15, 0.2) is 5.82 Å². The van der Waals surface area contributed by atoms with Crippen LogP contribution in [0.4, 0.5) is 13.2 Å². The van der Waals surface area contributed by atoms with Crippen molar-refractivity contribution in [2.45, 2.75) is 32.0 Å². The lowest BCUT2D eigenvalue weighted by Crippen LogP contribution is -2.32. The number of halogens is 3. The molecule has 2 heterocycles. The number of aromatic nitrogens is 3. The molecule has 1 aliphatic rings. The minimum Gasteiger partial charge on any atom is -0.330 e. The number of nitrogens with two attached hydrogens (primary N) is 1. The van der Waals surface area contributed by atoms with Crippen LogP contribution in [-0.2, 0) is 19.4 Å². The number of hydrogen-bond acceptors (Lipinski definition) is 3. The summed E-state index contributed by atoms with van der Waals surface area (Å²) in [6, 6.07) is 0. The first kappa shape index (κ1) is 11.4. The minimum absolute atomic E-state index is 0.101. The second-order valence-electron chi connectivity index (χ2n) is 3.94. The van der Waals surface area contributed by atoms with Crippen LogP contribution in [0.25, 0.3) is 0 Å². The molecule has 0 aromatic carbocycles. The van der Waals surface area contributed by atoms with Crippen molar-refractivity contribution < 1.29 is 13.2 Å². The van der Waals surface area contributed by atoms with E-state index < -0.39 is 12.1 Å². The van der Waals surface area contributed by atoms with E-state index in [2.05, 4.69) is 10.1 Å². The third-order valence-corrected chi connectivity index (χ3v) is 2.73. The fraction of sp³-hybridized carbons (Fsp3) is 0.778. The second kappa shape index (κ2) is 4.04. The van der Waals surface area contributed by atoms with Crippen molar-refractivity contribution in [1.82, 2.24) is 14.8 Å². The number of rotatable bonds is 2. The van der Waals surface area contributed by atoms with Gasteiger partial charge in [-0.25, -0.2) is 9.67 Å². The molecule has 1 aromatic heterocycles. The largest absolute Gasteiger partial charge is 0.393 e. The Morgan fingerprint density at radius 3 is 2.81 bits per heavy atom. The van der Waals surface area contributed by atoms with E-state index in [1.165, 1.54) is 4.68 Å². The zero-order valence-electron chi connectivity index (χ0n) is 8.67. The maximum atomic E-state index is 12.5. The van der Waals surface area contributed by atoms with Gasteiger partial charge in [0.1, 0.15) is 5.82 Å². The predicted octanol–water partition coefficient (Wildman–Crippen LogP) is 0.904. The molecule has 0 fully saturated rings. The molecular weight excluding hydrogens is 221 g/mol. The lowest BCUT2D eigenvalue weighted by Gasteiger charge is -2.24. The lowest BCUT2D eigenvalue weighted by atomic mass is 9.99. The Balaban J connectivity index is 2.14. The van der Waals surface area contributed by atoms with E-state index in [1.807, 2.05) is 0 Å². The molecule has 1 atom stereocenters. The molecule has 90 valence electrons. The van der Waals surface area contributed by atoms with Gasteiger partial charge >= 0.3 is 6.18 Å². The van der Waals surface area contributed by atoms with Crippen LogP contribution in [0, 0.1) is 5.92 Å². The van der Waals surface area contributed by atoms with Crippen molar-refractivity contribution in [3.8, 4) is 0 Å². The highest BCUT2D eigenvalue weighted by Crippen LogP contribution is 2.33. The van der Waals surface area contributed by atoms with Crippen LogP contribution in [0.5, 0.6) is 0 Å². The predicted molar refractivity (Wildman–Crippen MR) is 50.6 cm³/mol. The van der Waals surface area contributed by atoms with Crippen LogP contribution in [-0.4, -0.2) is 27.5 Å². The van der Waals surface area contributed by atoms with Gasteiger partial charge in [0, 0.05) is 12.8 Å². The maximum Gasteiger partial charge on any atom is 0.393 e. The van der Waals surface area contributed by atoms with Crippen LogP contribution in [0.1, 0.15) is 18.1 Å². The quantitative estimate of drug-likeness (QED) is 0.827. The molecule has 4 nitrogen and oxygen atoms in total. The van der Waals surface area contributed by atoms with E-state index >= 15 is 0 Å². The molecule has 0 spiro atoms. The van der Waals surface area contributed by atoms with Gasteiger partial charge in [-0.1, -0.05) is 0 Å². The first-order valence-electron chi connectivity index (χ1n) is 5.20. The summed E-state index contributed by atoms with van der Waals surface area (Å²) >= 11 is 0. The highest BCUT2D eigenvalue weighted by Gasteiger charge is 2.42. The van der Waals surface area contributed by atoms with Crippen molar-refractivity contribution in [1.29, 1.82) is 0 Å². The van der Waals surface area contributed by atoms with Gasteiger partial charge in [-0.2, -0.15) is 18.3 Å². The summed E-state index contributed by atoms with van der Waals surface area (Å²) in [6.07, 6.45) is -3.19. The summed E-state index contributed by atoms with van der Waals surface area (Å²) in [6.45, 7) is 0.294. The molecule has 2 rings (SSSR count). The average Bonchev–Trinajstić information content (AvgIpc) is 2.57. The Morgan fingerprint density at radius 1 is 1.44 bits per heavy atom. The molecule has 16 heavy (non-hydrogen) atoms. The summed E-state index contributed by atoms with van der Waals surface area (Å²) < 4.78 is 38.9. The molecule has 1 aromatic rings. The molecule has 2 N–H and O–H groups in total. The number of nitrogens with zero attached hydrogens (tertiary/aromatic N) is 3. The number of aryl methyl sites for hydroxylation is 1. The van der Waals surface area contributed by atoms with Crippen molar-refractivity contribution >= 4 is 0 Å². The first-order valence-corrected chi connectivity index (χ1v) is 5.20. The highest BCUT2D eigenvalue weighted by atomic mass is 19.4. The number of alkyl halides is 3. The Hall–Kier alpha value is -1.11. The topological polar surface area (TPSA) is 56.7 Å². The second-order valence-corrected chi connectivity index (χ2v) is 3.94. The molecule has 7 heteroatoms. The monoisotopic (exact) mass is 234 g/mol. The summed E-state index contributed by atoms with van der Waals surface area (Å²) in [4.78, 5) is 4.16. The first-order chi connectivity index (χ1) is 7.50. The van der Waals surface area contributed by atoms with Gasteiger partial charge in [0.05, 0.1) is 12.5 Å². The maximum absolute atomic E-state index is 12.5. The van der Waals surface area contributed by atoms with E-state index in [1.54, 1.807) is 0 Å². The average molecular weight is 234 g/mol. The van der Waals surface area contributed by atoms with E-state index in [0.717, 1.165) is 0 Å². The highest BCUT2D eigenvalue weighted by molar-refractivity contribution is 4.98. The Bertz CT molecular complexity index is 371. The Morgan fingerprint density at radius 2 is 2.19 bits per heavy atom. The fourth-order valence-corrected chi connectivity index (χ4v) is 1.86.